The van der Waals surface area contributed by atoms with Crippen molar-refractivity contribution in [1.29, 1.82) is 0 Å². The molecule has 1 aliphatic carbocycles. The monoisotopic (exact) mass is 197 g/mol. The molecular formula is C11H19NO2. The Morgan fingerprint density at radius 2 is 2.00 bits per heavy atom. The quantitative estimate of drug-likeness (QED) is 0.746. The number of carboxylic acid groups (broad SMARTS) is 1. The van der Waals surface area contributed by atoms with Gasteiger partial charge in [-0.1, -0.05) is 0 Å². The molecule has 14 heavy (non-hydrogen) atoms. The molecule has 1 unspecified atom stereocenters. The highest BCUT2D eigenvalue weighted by atomic mass is 16.4. The van der Waals surface area contributed by atoms with Gasteiger partial charge in [0.05, 0.1) is 6.42 Å². The van der Waals surface area contributed by atoms with Gasteiger partial charge in [-0.25, -0.2) is 0 Å². The van der Waals surface area contributed by atoms with Crippen LogP contribution < -0.4 is 0 Å². The van der Waals surface area contributed by atoms with Crippen molar-refractivity contribution in [3.63, 3.8) is 0 Å². The van der Waals surface area contributed by atoms with Gasteiger partial charge in [-0.15, -0.1) is 0 Å². The summed E-state index contributed by atoms with van der Waals surface area (Å²) in [4.78, 5) is 13.3. The molecule has 0 radical (unpaired) electrons. The first-order chi connectivity index (χ1) is 6.63. The van der Waals surface area contributed by atoms with Crippen LogP contribution >= 0.6 is 0 Å². The summed E-state index contributed by atoms with van der Waals surface area (Å²) in [6.07, 6.45) is 5.24. The number of rotatable bonds is 4. The van der Waals surface area contributed by atoms with Crippen molar-refractivity contribution in [3.05, 3.63) is 0 Å². The lowest BCUT2D eigenvalue weighted by Crippen LogP contribution is -2.48. The number of hydrogen-bond acceptors (Lipinski definition) is 2. The van der Waals surface area contributed by atoms with Gasteiger partial charge in [0.25, 0.3) is 0 Å². The summed E-state index contributed by atoms with van der Waals surface area (Å²) in [5, 5.41) is 8.96. The summed E-state index contributed by atoms with van der Waals surface area (Å²) in [7, 11) is 0. The first-order valence-electron chi connectivity index (χ1n) is 5.60. The smallest absolute Gasteiger partial charge is 0.305 e. The lowest BCUT2D eigenvalue weighted by atomic mass is 9.90. The Hall–Kier alpha value is -0.570. The third-order valence-corrected chi connectivity index (χ3v) is 3.79. The highest BCUT2D eigenvalue weighted by Gasteiger charge is 2.47. The fourth-order valence-electron chi connectivity index (χ4n) is 2.75. The molecule has 0 spiro atoms. The van der Waals surface area contributed by atoms with Crippen LogP contribution in [0, 0.1) is 5.92 Å². The molecular weight excluding hydrogens is 178 g/mol. The zero-order valence-corrected chi connectivity index (χ0v) is 8.83. The summed E-state index contributed by atoms with van der Waals surface area (Å²) in [6, 6.07) is 0. The highest BCUT2D eigenvalue weighted by molar-refractivity contribution is 5.68. The van der Waals surface area contributed by atoms with Gasteiger partial charge in [-0.05, 0) is 51.6 Å². The molecule has 2 fully saturated rings. The first-order valence-corrected chi connectivity index (χ1v) is 5.60. The topological polar surface area (TPSA) is 40.5 Å². The van der Waals surface area contributed by atoms with Crippen molar-refractivity contribution < 1.29 is 9.90 Å². The lowest BCUT2D eigenvalue weighted by Gasteiger charge is -2.38. The van der Waals surface area contributed by atoms with Crippen molar-refractivity contribution in [2.24, 2.45) is 5.92 Å². The number of aliphatic carboxylic acids is 1. The Morgan fingerprint density at radius 3 is 2.43 bits per heavy atom. The van der Waals surface area contributed by atoms with Gasteiger partial charge in [-0.3, -0.25) is 9.69 Å². The second-order valence-electron chi connectivity index (χ2n) is 4.90. The predicted molar refractivity (Wildman–Crippen MR) is 54.2 cm³/mol. The molecule has 1 saturated heterocycles. The van der Waals surface area contributed by atoms with Gasteiger partial charge < -0.3 is 5.11 Å². The second kappa shape index (κ2) is 3.54. The second-order valence-corrected chi connectivity index (χ2v) is 4.90. The normalized spacial score (nSPS) is 27.5. The molecule has 1 aliphatic heterocycles. The first kappa shape index (κ1) is 9.97. The van der Waals surface area contributed by atoms with Gasteiger partial charge in [0.15, 0.2) is 0 Å². The van der Waals surface area contributed by atoms with Crippen molar-refractivity contribution >= 4 is 5.97 Å². The van der Waals surface area contributed by atoms with Gasteiger partial charge in [0.2, 0.25) is 0 Å². The van der Waals surface area contributed by atoms with Crippen LogP contribution in [0.4, 0.5) is 0 Å². The molecule has 3 nitrogen and oxygen atoms in total. The lowest BCUT2D eigenvalue weighted by molar-refractivity contribution is -0.140. The van der Waals surface area contributed by atoms with E-state index < -0.39 is 5.97 Å². The van der Waals surface area contributed by atoms with Crippen LogP contribution in [0.5, 0.6) is 0 Å². The molecule has 0 amide bonds. The maximum Gasteiger partial charge on any atom is 0.305 e. The molecule has 0 aromatic heterocycles. The van der Waals surface area contributed by atoms with Crippen LogP contribution in [0.25, 0.3) is 0 Å². The van der Waals surface area contributed by atoms with Gasteiger partial charge in [0, 0.05) is 5.54 Å². The Morgan fingerprint density at radius 1 is 1.43 bits per heavy atom. The zero-order valence-electron chi connectivity index (χ0n) is 8.83. The molecule has 2 aliphatic rings. The number of hydrogen-bond donors (Lipinski definition) is 1. The molecule has 1 saturated carbocycles. The average molecular weight is 197 g/mol. The summed E-state index contributed by atoms with van der Waals surface area (Å²) in [5.41, 5.74) is -0.0532. The van der Waals surface area contributed by atoms with Crippen molar-refractivity contribution in [2.75, 3.05) is 13.1 Å². The fraction of sp³-hybridized carbons (Fsp3) is 0.909. The molecule has 80 valence electrons. The van der Waals surface area contributed by atoms with E-state index in [1.165, 1.54) is 25.7 Å². The number of likely N-dealkylation sites (tertiary alicyclic amines) is 1. The molecule has 3 heteroatoms. The molecule has 2 rings (SSSR count). The van der Waals surface area contributed by atoms with Crippen LogP contribution in [0.3, 0.4) is 0 Å². The van der Waals surface area contributed by atoms with Crippen molar-refractivity contribution in [3.8, 4) is 0 Å². The van der Waals surface area contributed by atoms with Crippen LogP contribution in [0.15, 0.2) is 0 Å². The SMILES string of the molecule is CC(CC(=O)O)(C1CC1)N1CCCC1. The van der Waals surface area contributed by atoms with Gasteiger partial charge in [-0.2, -0.15) is 0 Å². The van der Waals surface area contributed by atoms with Gasteiger partial charge in [0.1, 0.15) is 0 Å². The van der Waals surface area contributed by atoms with Crippen molar-refractivity contribution in [2.45, 2.75) is 44.6 Å². The summed E-state index contributed by atoms with van der Waals surface area (Å²) in [5.74, 6) is -0.0111. The number of carboxylic acids is 1. The Kier molecular flexibility index (Phi) is 2.52. The minimum Gasteiger partial charge on any atom is -0.481 e. The van der Waals surface area contributed by atoms with Crippen LogP contribution in [-0.4, -0.2) is 34.6 Å². The van der Waals surface area contributed by atoms with E-state index in [-0.39, 0.29) is 5.54 Å². The van der Waals surface area contributed by atoms with Crippen LogP contribution in [0.2, 0.25) is 0 Å². The zero-order chi connectivity index (χ0) is 10.2. The maximum atomic E-state index is 10.9. The predicted octanol–water partition coefficient (Wildman–Crippen LogP) is 1.73. The summed E-state index contributed by atoms with van der Waals surface area (Å²) in [6.45, 7) is 4.34. The van der Waals surface area contributed by atoms with Gasteiger partial charge >= 0.3 is 5.97 Å². The number of carbonyl (C=O) groups is 1. The van der Waals surface area contributed by atoms with E-state index in [9.17, 15) is 4.79 Å². The molecule has 0 bridgehead atoms. The molecule has 1 atom stereocenters. The van der Waals surface area contributed by atoms with Crippen LogP contribution in [0.1, 0.15) is 39.0 Å². The minimum atomic E-state index is -0.647. The molecule has 0 aromatic carbocycles. The Balaban J connectivity index is 2.07. The van der Waals surface area contributed by atoms with E-state index >= 15 is 0 Å². The maximum absolute atomic E-state index is 10.9. The van der Waals surface area contributed by atoms with E-state index in [2.05, 4.69) is 11.8 Å². The van der Waals surface area contributed by atoms with E-state index in [1.807, 2.05) is 0 Å². The highest BCUT2D eigenvalue weighted by Crippen LogP contribution is 2.46. The minimum absolute atomic E-state index is 0.0532. The molecule has 1 heterocycles. The van der Waals surface area contributed by atoms with E-state index in [0.29, 0.717) is 12.3 Å². The summed E-state index contributed by atoms with van der Waals surface area (Å²) < 4.78 is 0. The van der Waals surface area contributed by atoms with E-state index in [4.69, 9.17) is 5.11 Å². The third-order valence-electron chi connectivity index (χ3n) is 3.79. The van der Waals surface area contributed by atoms with E-state index in [0.717, 1.165) is 13.1 Å². The third kappa shape index (κ3) is 1.78. The molecule has 1 N–H and O–H groups in total. The van der Waals surface area contributed by atoms with Crippen LogP contribution in [-0.2, 0) is 4.79 Å². The standard InChI is InChI=1S/C11H19NO2/c1-11(8-10(13)14,9-4-5-9)12-6-2-3-7-12/h9H,2-8H2,1H3,(H,13,14). The summed E-state index contributed by atoms with van der Waals surface area (Å²) >= 11 is 0. The van der Waals surface area contributed by atoms with E-state index in [1.54, 1.807) is 0 Å². The van der Waals surface area contributed by atoms with Crippen molar-refractivity contribution in [1.82, 2.24) is 4.90 Å². The number of nitrogens with zero attached hydrogens (tertiary/aromatic N) is 1. The largest absolute Gasteiger partial charge is 0.481 e. The molecule has 0 aromatic rings. The Bertz CT molecular complexity index is 231. The average Bonchev–Trinajstić information content (AvgIpc) is 2.80. The Labute approximate surface area is 85.1 Å². The fourth-order valence-corrected chi connectivity index (χ4v) is 2.75.